The molecule has 3 aromatic rings. The Morgan fingerprint density at radius 2 is 2.00 bits per heavy atom. The molecule has 2 heterocycles. The Kier molecular flexibility index (Phi) is 6.08. The topological polar surface area (TPSA) is 72.7 Å². The smallest absolute Gasteiger partial charge is 0.338 e. The number of aromatic nitrogens is 2. The third-order valence-corrected chi connectivity index (χ3v) is 4.23. The molecule has 3 rings (SSSR count). The van der Waals surface area contributed by atoms with E-state index in [1.54, 1.807) is 42.6 Å². The van der Waals surface area contributed by atoms with Gasteiger partial charge in [-0.1, -0.05) is 24.9 Å². The molecule has 0 saturated heterocycles. The fourth-order valence-electron chi connectivity index (χ4n) is 2.53. The number of hydrogen-bond donors (Lipinski definition) is 1. The number of esters is 1. The van der Waals surface area contributed by atoms with E-state index in [1.165, 1.54) is 10.5 Å². The molecule has 0 aliphatic heterocycles. The molecule has 7 heteroatoms. The zero-order chi connectivity index (χ0) is 19.2. The number of unbranched alkanes of at least 4 members (excludes halogenated alkanes) is 1. The third kappa shape index (κ3) is 4.86. The van der Waals surface area contributed by atoms with E-state index in [2.05, 4.69) is 10.3 Å². The average Bonchev–Trinajstić information content (AvgIpc) is 2.67. The second-order valence-corrected chi connectivity index (χ2v) is 6.52. The minimum absolute atomic E-state index is 0.190. The van der Waals surface area contributed by atoms with E-state index in [0.29, 0.717) is 35.1 Å². The Hall–Kier alpha value is -2.86. The van der Waals surface area contributed by atoms with E-state index in [-0.39, 0.29) is 11.5 Å². The van der Waals surface area contributed by atoms with Crippen molar-refractivity contribution in [2.24, 2.45) is 0 Å². The molecule has 27 heavy (non-hydrogen) atoms. The normalized spacial score (nSPS) is 10.7. The lowest BCUT2D eigenvalue weighted by molar-refractivity contribution is 0.0500. The van der Waals surface area contributed by atoms with Gasteiger partial charge in [0.15, 0.2) is 0 Å². The standard InChI is InChI=1S/C20H20ClN3O3/c1-2-3-10-27-20(26)14-4-7-16(8-5-14)22-12-17-11-19(25)24-13-15(21)6-9-18(24)23-17/h4-9,11,13,22H,2-3,10,12H2,1H3. The molecule has 0 unspecified atom stereocenters. The number of benzene rings is 1. The quantitative estimate of drug-likeness (QED) is 0.493. The molecule has 0 radical (unpaired) electrons. The van der Waals surface area contributed by atoms with Gasteiger partial charge in [0.05, 0.1) is 29.4 Å². The molecule has 0 spiro atoms. The molecule has 0 aliphatic rings. The molecule has 1 N–H and O–H groups in total. The predicted molar refractivity (Wildman–Crippen MR) is 105 cm³/mol. The Labute approximate surface area is 161 Å². The molecule has 0 amide bonds. The minimum Gasteiger partial charge on any atom is -0.462 e. The first-order chi connectivity index (χ1) is 13.1. The van der Waals surface area contributed by atoms with Crippen molar-refractivity contribution in [3.8, 4) is 0 Å². The molecule has 0 fully saturated rings. The van der Waals surface area contributed by atoms with Crippen LogP contribution in [-0.2, 0) is 11.3 Å². The fraction of sp³-hybridized carbons (Fsp3) is 0.250. The van der Waals surface area contributed by atoms with E-state index in [1.807, 2.05) is 6.92 Å². The van der Waals surface area contributed by atoms with E-state index < -0.39 is 0 Å². The number of nitrogens with zero attached hydrogens (tertiary/aromatic N) is 2. The molecule has 0 saturated carbocycles. The van der Waals surface area contributed by atoms with Gasteiger partial charge in [-0.05, 0) is 42.8 Å². The summed E-state index contributed by atoms with van der Waals surface area (Å²) in [6.07, 6.45) is 3.38. The van der Waals surface area contributed by atoms with Crippen LogP contribution in [0.3, 0.4) is 0 Å². The summed E-state index contributed by atoms with van der Waals surface area (Å²) < 4.78 is 6.59. The number of carbonyl (C=O) groups is 1. The van der Waals surface area contributed by atoms with Gasteiger partial charge in [0, 0.05) is 18.0 Å². The van der Waals surface area contributed by atoms with Crippen LogP contribution in [0.25, 0.3) is 5.65 Å². The number of rotatable bonds is 7. The van der Waals surface area contributed by atoms with Crippen LogP contribution in [0.4, 0.5) is 5.69 Å². The van der Waals surface area contributed by atoms with Crippen molar-refractivity contribution in [3.05, 3.63) is 75.3 Å². The highest BCUT2D eigenvalue weighted by Gasteiger charge is 2.07. The number of pyridine rings is 1. The number of hydrogen-bond acceptors (Lipinski definition) is 5. The molecular formula is C20H20ClN3O3. The first-order valence-electron chi connectivity index (χ1n) is 8.75. The number of nitrogens with one attached hydrogen (secondary N) is 1. The van der Waals surface area contributed by atoms with E-state index in [9.17, 15) is 9.59 Å². The lowest BCUT2D eigenvalue weighted by Crippen LogP contribution is -2.16. The molecule has 2 aromatic heterocycles. The van der Waals surface area contributed by atoms with Gasteiger partial charge >= 0.3 is 5.97 Å². The van der Waals surface area contributed by atoms with Crippen LogP contribution in [0.1, 0.15) is 35.8 Å². The fourth-order valence-corrected chi connectivity index (χ4v) is 2.69. The molecule has 0 bridgehead atoms. The monoisotopic (exact) mass is 385 g/mol. The first-order valence-corrected chi connectivity index (χ1v) is 9.13. The number of anilines is 1. The summed E-state index contributed by atoms with van der Waals surface area (Å²) in [4.78, 5) is 28.5. The maximum atomic E-state index is 12.2. The molecule has 0 aliphatic carbocycles. The Balaban J connectivity index is 1.65. The zero-order valence-corrected chi connectivity index (χ0v) is 15.7. The van der Waals surface area contributed by atoms with Crippen LogP contribution in [-0.4, -0.2) is 22.0 Å². The van der Waals surface area contributed by atoms with Gasteiger partial charge in [-0.3, -0.25) is 9.20 Å². The van der Waals surface area contributed by atoms with Gasteiger partial charge in [-0.15, -0.1) is 0 Å². The van der Waals surface area contributed by atoms with Gasteiger partial charge in [0.2, 0.25) is 0 Å². The number of ether oxygens (including phenoxy) is 1. The van der Waals surface area contributed by atoms with Crippen molar-refractivity contribution in [2.45, 2.75) is 26.3 Å². The molecule has 0 atom stereocenters. The Morgan fingerprint density at radius 1 is 1.22 bits per heavy atom. The van der Waals surface area contributed by atoms with Gasteiger partial charge in [-0.25, -0.2) is 9.78 Å². The van der Waals surface area contributed by atoms with E-state index in [0.717, 1.165) is 18.5 Å². The molecular weight excluding hydrogens is 366 g/mol. The lowest BCUT2D eigenvalue weighted by atomic mass is 10.2. The van der Waals surface area contributed by atoms with Crippen LogP contribution < -0.4 is 10.9 Å². The highest BCUT2D eigenvalue weighted by molar-refractivity contribution is 6.30. The van der Waals surface area contributed by atoms with Crippen LogP contribution >= 0.6 is 11.6 Å². The summed E-state index contributed by atoms with van der Waals surface area (Å²) in [5, 5.41) is 3.67. The second kappa shape index (κ2) is 8.68. The summed E-state index contributed by atoms with van der Waals surface area (Å²) in [5.74, 6) is -0.321. The SMILES string of the molecule is CCCCOC(=O)c1ccc(NCc2cc(=O)n3cc(Cl)ccc3n2)cc1. The molecule has 140 valence electrons. The average molecular weight is 386 g/mol. The van der Waals surface area contributed by atoms with Crippen molar-refractivity contribution in [3.63, 3.8) is 0 Å². The van der Waals surface area contributed by atoms with E-state index in [4.69, 9.17) is 16.3 Å². The summed E-state index contributed by atoms with van der Waals surface area (Å²) in [6, 6.07) is 11.9. The second-order valence-electron chi connectivity index (χ2n) is 6.08. The van der Waals surface area contributed by atoms with Crippen LogP contribution in [0.2, 0.25) is 5.02 Å². The predicted octanol–water partition coefficient (Wildman–Crippen LogP) is 3.92. The highest BCUT2D eigenvalue weighted by Crippen LogP contribution is 2.13. The summed E-state index contributed by atoms with van der Waals surface area (Å²) in [6.45, 7) is 2.86. The maximum absolute atomic E-state index is 12.2. The van der Waals surface area contributed by atoms with Crippen molar-refractivity contribution >= 4 is 28.9 Å². The van der Waals surface area contributed by atoms with Crippen LogP contribution in [0.15, 0.2) is 53.5 Å². The Morgan fingerprint density at radius 3 is 2.74 bits per heavy atom. The van der Waals surface area contributed by atoms with Crippen LogP contribution in [0, 0.1) is 0 Å². The maximum Gasteiger partial charge on any atom is 0.338 e. The number of carbonyl (C=O) groups excluding carboxylic acids is 1. The number of fused-ring (bicyclic) bond motifs is 1. The van der Waals surface area contributed by atoms with Crippen molar-refractivity contribution in [1.82, 2.24) is 9.38 Å². The molecule has 6 nitrogen and oxygen atoms in total. The van der Waals surface area contributed by atoms with Crippen molar-refractivity contribution in [1.29, 1.82) is 0 Å². The van der Waals surface area contributed by atoms with Crippen molar-refractivity contribution < 1.29 is 9.53 Å². The largest absolute Gasteiger partial charge is 0.462 e. The first kappa shape index (κ1) is 18.9. The zero-order valence-electron chi connectivity index (χ0n) is 14.9. The minimum atomic E-state index is -0.321. The Bertz CT molecular complexity index is 1000. The van der Waals surface area contributed by atoms with Gasteiger partial charge in [0.25, 0.3) is 5.56 Å². The molecule has 1 aromatic carbocycles. The van der Waals surface area contributed by atoms with Crippen LogP contribution in [0.5, 0.6) is 0 Å². The summed E-state index contributed by atoms with van der Waals surface area (Å²) in [7, 11) is 0. The van der Waals surface area contributed by atoms with Crippen molar-refractivity contribution in [2.75, 3.05) is 11.9 Å². The number of halogens is 1. The van der Waals surface area contributed by atoms with Gasteiger partial charge < -0.3 is 10.1 Å². The van der Waals surface area contributed by atoms with Gasteiger partial charge in [0.1, 0.15) is 5.65 Å². The summed E-state index contributed by atoms with van der Waals surface area (Å²) >= 11 is 5.91. The summed E-state index contributed by atoms with van der Waals surface area (Å²) in [5.41, 5.74) is 2.29. The third-order valence-electron chi connectivity index (χ3n) is 4.00. The lowest BCUT2D eigenvalue weighted by Gasteiger charge is -2.08. The highest BCUT2D eigenvalue weighted by atomic mass is 35.5. The van der Waals surface area contributed by atoms with E-state index >= 15 is 0 Å². The van der Waals surface area contributed by atoms with Gasteiger partial charge in [-0.2, -0.15) is 0 Å².